The SMILES string of the molecule is CC1(C)c2cnc([n-]2)-c2cn(-c3ccccc3)c([nH+]2)C(C)(C)c2[nH+]c(cn2-c2ccccc2)-c2ncc1[n-]2.[Mg+2]. The Bertz CT molecular complexity index is 1640. The summed E-state index contributed by atoms with van der Waals surface area (Å²) < 4.78 is 4.39. The van der Waals surface area contributed by atoms with Gasteiger partial charge >= 0.3 is 23.1 Å². The topological polar surface area (TPSA) is 92.1 Å². The van der Waals surface area contributed by atoms with Gasteiger partial charge in [-0.25, -0.2) is 9.97 Å². The molecule has 2 N–H and O–H groups in total. The van der Waals surface area contributed by atoms with Crippen LogP contribution in [-0.4, -0.2) is 42.2 Å². The quantitative estimate of drug-likeness (QED) is 0.324. The van der Waals surface area contributed by atoms with Crippen LogP contribution in [-0.2, 0) is 10.8 Å². The first-order valence-electron chi connectivity index (χ1n) is 12.7. The summed E-state index contributed by atoms with van der Waals surface area (Å²) >= 11 is 0. The molecule has 0 spiro atoms. The molecule has 0 saturated heterocycles. The Morgan fingerprint density at radius 1 is 0.615 bits per heavy atom. The van der Waals surface area contributed by atoms with Crippen LogP contribution in [0, 0.1) is 0 Å². The smallest absolute Gasteiger partial charge is 0.439 e. The molecule has 2 aromatic carbocycles. The number of rotatable bonds is 2. The fourth-order valence-electron chi connectivity index (χ4n) is 5.25. The number of H-pyrrole nitrogens is 2. The zero-order valence-corrected chi connectivity index (χ0v) is 23.9. The number of para-hydroxylation sites is 2. The summed E-state index contributed by atoms with van der Waals surface area (Å²) in [5, 5.41) is 0. The molecule has 188 valence electrons. The maximum Gasteiger partial charge on any atom is 2.00 e. The molecule has 0 radical (unpaired) electrons. The van der Waals surface area contributed by atoms with E-state index < -0.39 is 10.8 Å². The Hall–Kier alpha value is -3.95. The molecule has 8 bridgehead atoms. The van der Waals surface area contributed by atoms with Gasteiger partial charge in [-0.3, -0.25) is 0 Å². The zero-order valence-electron chi connectivity index (χ0n) is 22.5. The standard InChI is InChI=1S/C30H26N8.Mg/c1-29(2)23-15-31-25(35-23)21-17-37(19-11-7-5-8-12-19)27(33-21)30(3,4)28-34-22(26-32-16-24(29)36-26)18-38(28)20-13-9-6-10-14-20;/h5-18H,1-4H3;/q-2;+2/p+2. The molecule has 9 heteroatoms. The number of aromatic nitrogens is 8. The van der Waals surface area contributed by atoms with Gasteiger partial charge in [0.1, 0.15) is 23.8 Å². The van der Waals surface area contributed by atoms with E-state index in [0.717, 1.165) is 45.8 Å². The van der Waals surface area contributed by atoms with Crippen molar-refractivity contribution in [3.8, 4) is 34.4 Å². The number of benzene rings is 2. The average Bonchev–Trinajstić information content (AvgIpc) is 3.73. The molecule has 0 fully saturated rings. The van der Waals surface area contributed by atoms with Gasteiger partial charge in [-0.2, -0.15) is 9.13 Å². The predicted octanol–water partition coefficient (Wildman–Crippen LogP) is 3.52. The summed E-state index contributed by atoms with van der Waals surface area (Å²) in [6.07, 6.45) is 7.87. The summed E-state index contributed by atoms with van der Waals surface area (Å²) in [5.41, 5.74) is 4.54. The van der Waals surface area contributed by atoms with E-state index in [1.165, 1.54) is 0 Å². The first kappa shape index (κ1) is 25.3. The molecule has 0 atom stereocenters. The van der Waals surface area contributed by atoms with Crippen LogP contribution < -0.4 is 19.9 Å². The molecule has 0 saturated carbocycles. The van der Waals surface area contributed by atoms with E-state index in [1.807, 2.05) is 24.5 Å². The number of nitrogens with zero attached hydrogens (tertiary/aromatic N) is 6. The van der Waals surface area contributed by atoms with Gasteiger partial charge in [0.15, 0.2) is 16.8 Å². The van der Waals surface area contributed by atoms with Crippen molar-refractivity contribution in [2.24, 2.45) is 0 Å². The van der Waals surface area contributed by atoms with Gasteiger partial charge in [-0.15, -0.1) is 0 Å². The molecule has 4 aromatic heterocycles. The molecule has 8 nitrogen and oxygen atoms in total. The van der Waals surface area contributed by atoms with Gasteiger partial charge in [0, 0.05) is 5.41 Å². The Morgan fingerprint density at radius 3 is 1.44 bits per heavy atom. The molecular formula is C30H28MgN8+2. The first-order chi connectivity index (χ1) is 18.3. The number of nitrogens with one attached hydrogen (secondary N) is 2. The first-order valence-corrected chi connectivity index (χ1v) is 12.7. The maximum atomic E-state index is 4.96. The van der Waals surface area contributed by atoms with Crippen LogP contribution in [0.15, 0.2) is 85.5 Å². The fourth-order valence-corrected chi connectivity index (χ4v) is 5.25. The van der Waals surface area contributed by atoms with Crippen molar-refractivity contribution in [1.82, 2.24) is 29.1 Å². The van der Waals surface area contributed by atoms with Crippen LogP contribution >= 0.6 is 0 Å². The molecular weight excluding hydrogens is 497 g/mol. The second kappa shape index (κ2) is 9.06. The van der Waals surface area contributed by atoms with E-state index in [1.54, 1.807) is 0 Å². The van der Waals surface area contributed by atoms with Crippen molar-refractivity contribution in [2.45, 2.75) is 38.5 Å². The summed E-state index contributed by atoms with van der Waals surface area (Å²) in [6.45, 7) is 8.64. The van der Waals surface area contributed by atoms with E-state index >= 15 is 0 Å². The van der Waals surface area contributed by atoms with Crippen molar-refractivity contribution in [3.05, 3.63) is 108 Å². The van der Waals surface area contributed by atoms with E-state index in [4.69, 9.17) is 19.9 Å². The van der Waals surface area contributed by atoms with Gasteiger partial charge in [-0.05, 0) is 49.8 Å². The molecule has 39 heavy (non-hydrogen) atoms. The molecule has 1 aliphatic heterocycles. The molecule has 5 heterocycles. The Kier molecular flexibility index (Phi) is 5.89. The summed E-state index contributed by atoms with van der Waals surface area (Å²) in [4.78, 5) is 26.7. The molecule has 0 aliphatic carbocycles. The number of hydrogen-bond donors (Lipinski definition) is 0. The fraction of sp³-hybridized carbons (Fsp3) is 0.200. The van der Waals surface area contributed by atoms with E-state index in [-0.39, 0.29) is 23.1 Å². The minimum Gasteiger partial charge on any atom is -0.439 e. The third kappa shape index (κ3) is 3.95. The van der Waals surface area contributed by atoms with Crippen LogP contribution in [0.25, 0.3) is 34.4 Å². The third-order valence-corrected chi connectivity index (χ3v) is 7.59. The Balaban J connectivity index is 0.00000277. The van der Waals surface area contributed by atoms with E-state index in [2.05, 4.69) is 108 Å². The summed E-state index contributed by atoms with van der Waals surface area (Å²) in [7, 11) is 0. The average molecular weight is 525 g/mol. The Labute approximate surface area is 242 Å². The predicted molar refractivity (Wildman–Crippen MR) is 148 cm³/mol. The second-order valence-corrected chi connectivity index (χ2v) is 10.9. The van der Waals surface area contributed by atoms with Crippen molar-refractivity contribution in [2.75, 3.05) is 0 Å². The molecule has 7 rings (SSSR count). The zero-order chi connectivity index (χ0) is 26.1. The van der Waals surface area contributed by atoms with Gasteiger partial charge in [-0.1, -0.05) is 74.0 Å². The Morgan fingerprint density at radius 2 is 1.03 bits per heavy atom. The largest absolute Gasteiger partial charge is 2.00 e. The van der Waals surface area contributed by atoms with Crippen molar-refractivity contribution in [1.29, 1.82) is 0 Å². The normalized spacial score (nSPS) is 14.9. The molecule has 1 aliphatic rings. The van der Waals surface area contributed by atoms with E-state index in [0.29, 0.717) is 11.6 Å². The van der Waals surface area contributed by atoms with E-state index in [9.17, 15) is 0 Å². The molecule has 0 unspecified atom stereocenters. The van der Waals surface area contributed by atoms with Gasteiger partial charge in [0.05, 0.1) is 0 Å². The van der Waals surface area contributed by atoms with Gasteiger partial charge < -0.3 is 19.9 Å². The van der Waals surface area contributed by atoms with Crippen molar-refractivity contribution in [3.63, 3.8) is 0 Å². The van der Waals surface area contributed by atoms with Gasteiger partial charge in [0.2, 0.25) is 0 Å². The number of hydrogen-bond acceptors (Lipinski definition) is 2. The minimum absolute atomic E-state index is 0. The molecule has 0 amide bonds. The van der Waals surface area contributed by atoms with Crippen LogP contribution in [0.1, 0.15) is 50.7 Å². The van der Waals surface area contributed by atoms with Crippen molar-refractivity contribution < 1.29 is 9.97 Å². The van der Waals surface area contributed by atoms with Crippen LogP contribution in [0.3, 0.4) is 0 Å². The maximum absolute atomic E-state index is 4.96. The minimum atomic E-state index is -0.504. The summed E-state index contributed by atoms with van der Waals surface area (Å²) in [6, 6.07) is 20.7. The number of imidazole rings is 4. The molecule has 6 aromatic rings. The summed E-state index contributed by atoms with van der Waals surface area (Å²) in [5.74, 6) is 3.28. The van der Waals surface area contributed by atoms with Crippen LogP contribution in [0.2, 0.25) is 0 Å². The second-order valence-electron chi connectivity index (χ2n) is 10.9. The number of aromatic amines is 2. The van der Waals surface area contributed by atoms with Crippen molar-refractivity contribution >= 4 is 23.1 Å². The third-order valence-electron chi connectivity index (χ3n) is 7.59. The van der Waals surface area contributed by atoms with Crippen LogP contribution in [0.4, 0.5) is 0 Å². The monoisotopic (exact) mass is 524 g/mol. The van der Waals surface area contributed by atoms with Gasteiger partial charge in [0.25, 0.3) is 11.6 Å². The van der Waals surface area contributed by atoms with Crippen LogP contribution in [0.5, 0.6) is 0 Å². The number of fused-ring (bicyclic) bond motifs is 10.